The van der Waals surface area contributed by atoms with Gasteiger partial charge in [0.25, 0.3) is 5.92 Å². The molecule has 0 unspecified atom stereocenters. The number of hydrogen-bond acceptors (Lipinski definition) is 10. The Hall–Kier alpha value is -3.06. The number of alkyl halides is 2. The third kappa shape index (κ3) is 6.32. The van der Waals surface area contributed by atoms with Gasteiger partial charge >= 0.3 is 0 Å². The van der Waals surface area contributed by atoms with Crippen LogP contribution in [0.5, 0.6) is 0 Å². The van der Waals surface area contributed by atoms with E-state index in [2.05, 4.69) is 35.1 Å². The number of aliphatic hydroxyl groups excluding tert-OH is 2. The van der Waals surface area contributed by atoms with Gasteiger partial charge in [0.05, 0.1) is 18.4 Å². The summed E-state index contributed by atoms with van der Waals surface area (Å²) in [5.41, 5.74) is 2.08. The second-order valence-corrected chi connectivity index (χ2v) is 10.0. The number of nitrogens with zero attached hydrogens (tertiary/aromatic N) is 7. The molecule has 0 spiro atoms. The predicted molar refractivity (Wildman–Crippen MR) is 141 cm³/mol. The Morgan fingerprint density at radius 1 is 1.00 bits per heavy atom. The van der Waals surface area contributed by atoms with E-state index in [1.165, 1.54) is 0 Å². The fraction of sp³-hybridized carbons (Fsp3) is 0.538. The van der Waals surface area contributed by atoms with Crippen LogP contribution in [0.2, 0.25) is 0 Å². The van der Waals surface area contributed by atoms with Crippen molar-refractivity contribution in [1.82, 2.24) is 29.7 Å². The van der Waals surface area contributed by atoms with E-state index in [1.54, 1.807) is 24.1 Å². The average Bonchev–Trinajstić information content (AvgIpc) is 2.90. The number of piperazine rings is 1. The number of aromatic nitrogens is 4. The zero-order chi connectivity index (χ0) is 26.7. The molecule has 0 aromatic carbocycles. The lowest BCUT2D eigenvalue weighted by Gasteiger charge is -2.34. The standard InChI is InChI=1S/C26H34F2N8O2/c1-18(38)21-14-20-16-30-25(33-23(20)24(31-21)36-6-4-26(27,28)5-7-36)32-22-3-2-19(15-29-22)17-35-10-8-34(9-11-35)12-13-37/h2-3,14-16,18,37-38H,4-13,17H2,1H3,(H,29,30,32,33)/t18-/m1/s1. The number of fused-ring (bicyclic) bond motifs is 1. The molecule has 3 aromatic heterocycles. The molecule has 0 bridgehead atoms. The van der Waals surface area contributed by atoms with Gasteiger partial charge in [0.1, 0.15) is 11.3 Å². The second-order valence-electron chi connectivity index (χ2n) is 10.0. The molecule has 204 valence electrons. The zero-order valence-corrected chi connectivity index (χ0v) is 21.5. The van der Waals surface area contributed by atoms with E-state index < -0.39 is 12.0 Å². The van der Waals surface area contributed by atoms with Crippen molar-refractivity contribution in [3.8, 4) is 0 Å². The number of rotatable bonds is 8. The van der Waals surface area contributed by atoms with Crippen LogP contribution in [0.25, 0.3) is 10.9 Å². The number of nitrogens with one attached hydrogen (secondary N) is 1. The molecule has 3 N–H and O–H groups in total. The number of pyridine rings is 2. The first kappa shape index (κ1) is 26.5. The fourth-order valence-electron chi connectivity index (χ4n) is 4.86. The van der Waals surface area contributed by atoms with E-state index in [4.69, 9.17) is 5.11 Å². The summed E-state index contributed by atoms with van der Waals surface area (Å²) in [6, 6.07) is 5.63. The van der Waals surface area contributed by atoms with Crippen molar-refractivity contribution >= 4 is 28.5 Å². The van der Waals surface area contributed by atoms with Crippen molar-refractivity contribution in [3.63, 3.8) is 0 Å². The van der Waals surface area contributed by atoms with Crippen LogP contribution >= 0.6 is 0 Å². The highest BCUT2D eigenvalue weighted by atomic mass is 19.3. The Morgan fingerprint density at radius 3 is 2.39 bits per heavy atom. The number of aliphatic hydroxyl groups is 2. The molecule has 10 nitrogen and oxygen atoms in total. The molecule has 5 rings (SSSR count). The maximum atomic E-state index is 13.8. The van der Waals surface area contributed by atoms with E-state index in [-0.39, 0.29) is 32.5 Å². The summed E-state index contributed by atoms with van der Waals surface area (Å²) < 4.78 is 27.6. The summed E-state index contributed by atoms with van der Waals surface area (Å²) >= 11 is 0. The van der Waals surface area contributed by atoms with E-state index in [0.29, 0.717) is 34.2 Å². The molecule has 2 saturated heterocycles. The predicted octanol–water partition coefficient (Wildman–Crippen LogP) is 2.56. The minimum absolute atomic E-state index is 0.157. The van der Waals surface area contributed by atoms with Gasteiger partial charge in [-0.2, -0.15) is 0 Å². The molecule has 0 aliphatic carbocycles. The van der Waals surface area contributed by atoms with Crippen molar-refractivity contribution in [3.05, 3.63) is 41.9 Å². The normalized spacial score (nSPS) is 19.6. The van der Waals surface area contributed by atoms with Gasteiger partial charge in [0.2, 0.25) is 5.95 Å². The lowest BCUT2D eigenvalue weighted by Crippen LogP contribution is -2.46. The monoisotopic (exact) mass is 528 g/mol. The maximum absolute atomic E-state index is 13.8. The van der Waals surface area contributed by atoms with Crippen LogP contribution < -0.4 is 10.2 Å². The largest absolute Gasteiger partial charge is 0.395 e. The lowest BCUT2D eigenvalue weighted by molar-refractivity contribution is -0.0221. The number of piperidine rings is 1. The molecule has 2 aliphatic heterocycles. The van der Waals surface area contributed by atoms with Gasteiger partial charge in [0, 0.05) is 83.0 Å². The van der Waals surface area contributed by atoms with Crippen LogP contribution in [0.15, 0.2) is 30.6 Å². The third-order valence-corrected chi connectivity index (χ3v) is 7.14. The highest BCUT2D eigenvalue weighted by molar-refractivity contribution is 5.89. The first-order valence-corrected chi connectivity index (χ1v) is 13.1. The summed E-state index contributed by atoms with van der Waals surface area (Å²) in [4.78, 5) is 24.6. The third-order valence-electron chi connectivity index (χ3n) is 7.14. The van der Waals surface area contributed by atoms with Crippen molar-refractivity contribution in [2.45, 2.75) is 38.3 Å². The molecule has 2 fully saturated rings. The molecule has 0 amide bonds. The number of halogens is 2. The smallest absolute Gasteiger partial charge is 0.251 e. The number of anilines is 3. The van der Waals surface area contributed by atoms with Gasteiger partial charge in [-0.25, -0.2) is 28.7 Å². The maximum Gasteiger partial charge on any atom is 0.251 e. The lowest BCUT2D eigenvalue weighted by atomic mass is 10.1. The highest BCUT2D eigenvalue weighted by Crippen LogP contribution is 2.33. The molecule has 3 aromatic rings. The SMILES string of the molecule is C[C@@H](O)c1cc2cnc(Nc3ccc(CN4CCN(CCO)CC4)cn3)nc2c(N2CCC(F)(F)CC2)n1. The molecule has 0 saturated carbocycles. The van der Waals surface area contributed by atoms with Crippen LogP contribution in [-0.2, 0) is 6.54 Å². The highest BCUT2D eigenvalue weighted by Gasteiger charge is 2.35. The summed E-state index contributed by atoms with van der Waals surface area (Å²) in [6.45, 7) is 7.45. The Balaban J connectivity index is 1.30. The van der Waals surface area contributed by atoms with Gasteiger partial charge in [-0.15, -0.1) is 0 Å². The quantitative estimate of drug-likeness (QED) is 0.403. The van der Waals surface area contributed by atoms with Crippen LogP contribution in [0.1, 0.15) is 37.1 Å². The van der Waals surface area contributed by atoms with Crippen LogP contribution in [-0.4, -0.2) is 98.3 Å². The van der Waals surface area contributed by atoms with Gasteiger partial charge < -0.3 is 20.4 Å². The molecule has 1 atom stereocenters. The minimum atomic E-state index is -2.68. The Labute approximate surface area is 220 Å². The Kier molecular flexibility index (Phi) is 7.93. The van der Waals surface area contributed by atoms with Crippen LogP contribution in [0.3, 0.4) is 0 Å². The first-order valence-electron chi connectivity index (χ1n) is 13.1. The summed E-state index contributed by atoms with van der Waals surface area (Å²) in [5.74, 6) is -1.29. The van der Waals surface area contributed by atoms with Gasteiger partial charge in [-0.1, -0.05) is 6.07 Å². The Bertz CT molecular complexity index is 1230. The summed E-state index contributed by atoms with van der Waals surface area (Å²) in [6.07, 6.45) is 2.17. The number of β-amino-alcohol motifs (C(OH)–C–C–N with tert-alkyl or cyclic N) is 1. The molecule has 0 radical (unpaired) electrons. The fourth-order valence-corrected chi connectivity index (χ4v) is 4.86. The molecular weight excluding hydrogens is 494 g/mol. The molecule has 2 aliphatic rings. The Morgan fingerprint density at radius 2 is 1.74 bits per heavy atom. The summed E-state index contributed by atoms with van der Waals surface area (Å²) in [7, 11) is 0. The summed E-state index contributed by atoms with van der Waals surface area (Å²) in [5, 5.41) is 23.0. The van der Waals surface area contributed by atoms with Crippen molar-refractivity contribution in [1.29, 1.82) is 0 Å². The van der Waals surface area contributed by atoms with E-state index in [0.717, 1.165) is 44.8 Å². The molecule has 12 heteroatoms. The van der Waals surface area contributed by atoms with Gasteiger partial charge in [-0.05, 0) is 24.6 Å². The van der Waals surface area contributed by atoms with Crippen LogP contribution in [0, 0.1) is 0 Å². The van der Waals surface area contributed by atoms with Crippen molar-refractivity contribution < 1.29 is 19.0 Å². The molecule has 38 heavy (non-hydrogen) atoms. The number of hydrogen-bond donors (Lipinski definition) is 3. The van der Waals surface area contributed by atoms with Crippen molar-refractivity contribution in [2.24, 2.45) is 0 Å². The molecule has 5 heterocycles. The zero-order valence-electron chi connectivity index (χ0n) is 21.5. The average molecular weight is 529 g/mol. The van der Waals surface area contributed by atoms with Crippen LogP contribution in [0.4, 0.5) is 26.4 Å². The molecular formula is C26H34F2N8O2. The topological polar surface area (TPSA) is 114 Å². The first-order chi connectivity index (χ1) is 18.3. The second kappa shape index (κ2) is 11.4. The van der Waals surface area contributed by atoms with Gasteiger partial charge in [-0.3, -0.25) is 9.80 Å². The van der Waals surface area contributed by atoms with E-state index >= 15 is 0 Å². The van der Waals surface area contributed by atoms with E-state index in [1.807, 2.05) is 18.3 Å². The van der Waals surface area contributed by atoms with E-state index in [9.17, 15) is 13.9 Å². The van der Waals surface area contributed by atoms with Crippen molar-refractivity contribution in [2.75, 3.05) is 62.6 Å². The minimum Gasteiger partial charge on any atom is -0.395 e. The van der Waals surface area contributed by atoms with Gasteiger partial charge in [0.15, 0.2) is 5.82 Å².